The molecule has 0 fully saturated rings. The fourth-order valence-corrected chi connectivity index (χ4v) is 1.83. The van der Waals surface area contributed by atoms with Gasteiger partial charge in [-0.1, -0.05) is 30.3 Å². The number of thiocarbonyl (C=S) groups is 1. The lowest BCUT2D eigenvalue weighted by molar-refractivity contribution is 0.872. The molecule has 0 aliphatic rings. The highest BCUT2D eigenvalue weighted by Gasteiger charge is 2.05. The molecule has 2 aromatic rings. The summed E-state index contributed by atoms with van der Waals surface area (Å²) in [6, 6.07) is 13.7. The van der Waals surface area contributed by atoms with Crippen LogP contribution in [0, 0.1) is 11.3 Å². The van der Waals surface area contributed by atoms with E-state index in [4.69, 9.17) is 17.5 Å². The third kappa shape index (κ3) is 4.00. The first-order valence-corrected chi connectivity index (χ1v) is 6.51. The van der Waals surface area contributed by atoms with Crippen LogP contribution in [0.1, 0.15) is 11.1 Å². The summed E-state index contributed by atoms with van der Waals surface area (Å²) in [5.74, 6) is 0.368. The van der Waals surface area contributed by atoms with E-state index in [9.17, 15) is 0 Å². The quantitative estimate of drug-likeness (QED) is 0.835. The van der Waals surface area contributed by atoms with Crippen molar-refractivity contribution in [3.8, 4) is 6.07 Å². The van der Waals surface area contributed by atoms with Gasteiger partial charge >= 0.3 is 0 Å². The van der Waals surface area contributed by atoms with Gasteiger partial charge < -0.3 is 10.6 Å². The van der Waals surface area contributed by atoms with Gasteiger partial charge in [0.05, 0.1) is 11.8 Å². The van der Waals surface area contributed by atoms with Crippen molar-refractivity contribution in [3.05, 3.63) is 53.7 Å². The van der Waals surface area contributed by atoms with Crippen LogP contribution in [0.2, 0.25) is 0 Å². The summed E-state index contributed by atoms with van der Waals surface area (Å²) in [5.41, 5.74) is 1.65. The molecule has 0 amide bonds. The van der Waals surface area contributed by atoms with Gasteiger partial charge in [0.25, 0.3) is 0 Å². The van der Waals surface area contributed by atoms with Crippen molar-refractivity contribution in [1.82, 2.24) is 15.5 Å². The van der Waals surface area contributed by atoms with Crippen LogP contribution in [-0.2, 0) is 6.42 Å². The van der Waals surface area contributed by atoms with Gasteiger partial charge in [-0.2, -0.15) is 10.4 Å². The number of rotatable bonds is 4. The highest BCUT2D eigenvalue weighted by molar-refractivity contribution is 7.80. The third-order valence-electron chi connectivity index (χ3n) is 2.62. The highest BCUT2D eigenvalue weighted by Crippen LogP contribution is 2.07. The molecule has 1 aromatic carbocycles. The zero-order valence-corrected chi connectivity index (χ0v) is 11.5. The smallest absolute Gasteiger partial charge is 0.172 e. The van der Waals surface area contributed by atoms with E-state index in [1.165, 1.54) is 11.8 Å². The van der Waals surface area contributed by atoms with E-state index in [0.717, 1.165) is 6.42 Å². The Morgan fingerprint density at radius 3 is 2.80 bits per heavy atom. The fourth-order valence-electron chi connectivity index (χ4n) is 1.63. The van der Waals surface area contributed by atoms with Crippen molar-refractivity contribution in [2.75, 3.05) is 11.9 Å². The van der Waals surface area contributed by atoms with Gasteiger partial charge in [-0.3, -0.25) is 0 Å². The zero-order valence-electron chi connectivity index (χ0n) is 10.7. The van der Waals surface area contributed by atoms with E-state index in [0.29, 0.717) is 23.0 Å². The highest BCUT2D eigenvalue weighted by atomic mass is 32.1. The first kappa shape index (κ1) is 13.9. The predicted molar refractivity (Wildman–Crippen MR) is 81.1 cm³/mol. The molecule has 5 nitrogen and oxygen atoms in total. The molecule has 6 heteroatoms. The van der Waals surface area contributed by atoms with Gasteiger partial charge in [0, 0.05) is 6.54 Å². The summed E-state index contributed by atoms with van der Waals surface area (Å²) in [6.45, 7) is 0.706. The second-order valence-electron chi connectivity index (χ2n) is 4.02. The molecule has 1 aromatic heterocycles. The topological polar surface area (TPSA) is 73.6 Å². The maximum Gasteiger partial charge on any atom is 0.172 e. The van der Waals surface area contributed by atoms with Crippen molar-refractivity contribution in [2.24, 2.45) is 0 Å². The number of nitrogens with zero attached hydrogens (tertiary/aromatic N) is 3. The molecular weight excluding hydrogens is 270 g/mol. The minimum absolute atomic E-state index is 0.368. The van der Waals surface area contributed by atoms with Crippen molar-refractivity contribution in [2.45, 2.75) is 6.42 Å². The summed E-state index contributed by atoms with van der Waals surface area (Å²) in [4.78, 5) is 0. The van der Waals surface area contributed by atoms with Crippen LogP contribution in [0.3, 0.4) is 0 Å². The van der Waals surface area contributed by atoms with Crippen molar-refractivity contribution >= 4 is 23.1 Å². The molecule has 2 N–H and O–H groups in total. The van der Waals surface area contributed by atoms with E-state index in [1.54, 1.807) is 6.07 Å². The second-order valence-corrected chi connectivity index (χ2v) is 4.43. The van der Waals surface area contributed by atoms with Crippen LogP contribution in [0.25, 0.3) is 0 Å². The molecule has 2 rings (SSSR count). The molecule has 0 radical (unpaired) electrons. The van der Waals surface area contributed by atoms with Gasteiger partial charge in [-0.15, -0.1) is 5.10 Å². The molecule has 0 spiro atoms. The first-order chi connectivity index (χ1) is 9.79. The van der Waals surface area contributed by atoms with E-state index < -0.39 is 0 Å². The largest absolute Gasteiger partial charge is 0.362 e. The number of anilines is 1. The van der Waals surface area contributed by atoms with Crippen LogP contribution in [0.5, 0.6) is 0 Å². The maximum absolute atomic E-state index is 8.93. The number of benzene rings is 1. The second kappa shape index (κ2) is 7.16. The van der Waals surface area contributed by atoms with Gasteiger partial charge in [0.1, 0.15) is 6.07 Å². The Kier molecular flexibility index (Phi) is 4.98. The summed E-state index contributed by atoms with van der Waals surface area (Å²) in [6.07, 6.45) is 2.34. The number of nitrogens with one attached hydrogen (secondary N) is 2. The van der Waals surface area contributed by atoms with Gasteiger partial charge in [0.15, 0.2) is 10.9 Å². The Morgan fingerprint density at radius 1 is 1.25 bits per heavy atom. The Morgan fingerprint density at radius 2 is 2.05 bits per heavy atom. The molecule has 20 heavy (non-hydrogen) atoms. The molecule has 0 saturated heterocycles. The van der Waals surface area contributed by atoms with E-state index in [1.807, 2.05) is 24.3 Å². The predicted octanol–water partition coefficient (Wildman–Crippen LogP) is 1.88. The van der Waals surface area contributed by atoms with Crippen LogP contribution in [0.4, 0.5) is 5.82 Å². The fraction of sp³-hybridized carbons (Fsp3) is 0.143. The van der Waals surface area contributed by atoms with Gasteiger partial charge in [-0.05, 0) is 30.3 Å². The lowest BCUT2D eigenvalue weighted by Gasteiger charge is -2.10. The summed E-state index contributed by atoms with van der Waals surface area (Å²) in [5, 5.41) is 22.9. The van der Waals surface area contributed by atoms with Crippen LogP contribution < -0.4 is 10.6 Å². The maximum atomic E-state index is 8.93. The van der Waals surface area contributed by atoms with Crippen LogP contribution >= 0.6 is 12.2 Å². The van der Waals surface area contributed by atoms with Crippen molar-refractivity contribution in [1.29, 1.82) is 5.26 Å². The molecule has 0 atom stereocenters. The van der Waals surface area contributed by atoms with E-state index >= 15 is 0 Å². The van der Waals surface area contributed by atoms with Gasteiger partial charge in [-0.25, -0.2) is 0 Å². The van der Waals surface area contributed by atoms with Crippen molar-refractivity contribution in [3.63, 3.8) is 0 Å². The number of aromatic nitrogens is 2. The van der Waals surface area contributed by atoms with Crippen molar-refractivity contribution < 1.29 is 0 Å². The molecule has 0 bridgehead atoms. The molecular formula is C14H13N5S. The van der Waals surface area contributed by atoms with E-state index in [2.05, 4.69) is 33.0 Å². The number of hydrogen-bond donors (Lipinski definition) is 2. The first-order valence-electron chi connectivity index (χ1n) is 6.10. The lowest BCUT2D eigenvalue weighted by Crippen LogP contribution is -2.30. The Bertz CT molecular complexity index is 621. The summed E-state index contributed by atoms with van der Waals surface area (Å²) in [7, 11) is 0. The normalized spacial score (nSPS) is 9.55. The average molecular weight is 283 g/mol. The summed E-state index contributed by atoms with van der Waals surface area (Å²) >= 11 is 5.16. The average Bonchev–Trinajstić information content (AvgIpc) is 2.49. The molecule has 0 saturated carbocycles. The van der Waals surface area contributed by atoms with Crippen LogP contribution in [-0.4, -0.2) is 21.9 Å². The van der Waals surface area contributed by atoms with Gasteiger partial charge in [0.2, 0.25) is 0 Å². The Hall–Kier alpha value is -2.52. The molecule has 0 aliphatic heterocycles. The minimum atomic E-state index is 0.368. The molecule has 100 valence electrons. The third-order valence-corrected chi connectivity index (χ3v) is 2.86. The molecule has 0 aliphatic carbocycles. The van der Waals surface area contributed by atoms with E-state index in [-0.39, 0.29) is 0 Å². The number of hydrogen-bond acceptors (Lipinski definition) is 4. The lowest BCUT2D eigenvalue weighted by atomic mass is 10.1. The summed E-state index contributed by atoms with van der Waals surface area (Å²) < 4.78 is 0. The standard InChI is InChI=1S/C14H13N5S/c15-10-12-7-9-17-19-13(12)18-14(20)16-8-6-11-4-2-1-3-5-11/h1-5,7,9H,6,8H2,(H2,16,18,19,20). The van der Waals surface area contributed by atoms with Crippen LogP contribution in [0.15, 0.2) is 42.6 Å². The zero-order chi connectivity index (χ0) is 14.2. The minimum Gasteiger partial charge on any atom is -0.362 e. The Labute approximate surface area is 122 Å². The Balaban J connectivity index is 1.83. The number of nitriles is 1. The monoisotopic (exact) mass is 283 g/mol. The SMILES string of the molecule is N#Cc1ccnnc1NC(=S)NCCc1ccccc1. The molecule has 0 unspecified atom stereocenters. The molecule has 1 heterocycles.